The molecule has 0 aliphatic carbocycles. The van der Waals surface area contributed by atoms with E-state index in [1.54, 1.807) is 0 Å². The molecule has 246 valence electrons. The number of nitrogens with two attached hydrogens (primary N) is 1. The fraction of sp³-hybridized carbons (Fsp3) is 0. The number of aromatic carboxylic acids is 2. The van der Waals surface area contributed by atoms with Crippen LogP contribution in [0.15, 0.2) is 83.7 Å². The summed E-state index contributed by atoms with van der Waals surface area (Å²) in [7, 11) is -10.1. The molecule has 0 radical (unpaired) electrons. The van der Waals surface area contributed by atoms with Crippen LogP contribution in [0.5, 0.6) is 11.5 Å². The van der Waals surface area contributed by atoms with E-state index in [0.717, 1.165) is 36.4 Å². The Kier molecular flexibility index (Phi) is 9.73. The molecule has 0 unspecified atom stereocenters. The first kappa shape index (κ1) is 34.6. The summed E-state index contributed by atoms with van der Waals surface area (Å²) in [6, 6.07) is 7.33. The first-order valence-corrected chi connectivity index (χ1v) is 15.5. The fourth-order valence-electron chi connectivity index (χ4n) is 3.91. The number of nitrogens with zero attached hydrogens (tertiary/aromatic N) is 4. The second-order valence-corrected chi connectivity index (χ2v) is 12.4. The number of azo groups is 2. The van der Waals surface area contributed by atoms with Crippen molar-refractivity contribution < 1.29 is 70.6 Å². The summed E-state index contributed by atoms with van der Waals surface area (Å²) in [5.74, 6) is -5.26. The lowest BCUT2D eigenvalue weighted by molar-refractivity contribution is -0.432. The second-order valence-electron chi connectivity index (χ2n) is 8.92. The fourth-order valence-corrected chi connectivity index (χ4v) is 5.72. The molecule has 0 aliphatic heterocycles. The maximum absolute atomic E-state index is 12.3. The van der Waals surface area contributed by atoms with Crippen LogP contribution in [0.25, 0.3) is 10.8 Å². The van der Waals surface area contributed by atoms with Crippen LogP contribution < -0.4 is 5.73 Å². The number of phenolic OH excluding ortho intramolecular Hbond substituents is 2. The van der Waals surface area contributed by atoms with Gasteiger partial charge in [0.15, 0.2) is 11.5 Å². The van der Waals surface area contributed by atoms with Gasteiger partial charge in [-0.15, -0.1) is 19.7 Å². The normalized spacial score (nSPS) is 12.3. The molecule has 4 aromatic rings. The third-order valence-electron chi connectivity index (χ3n) is 5.88. The monoisotopic (exact) mass is 711 g/mol. The highest BCUT2D eigenvalue weighted by molar-refractivity contribution is 7.94. The lowest BCUT2D eigenvalue weighted by Crippen LogP contribution is -2.01. The van der Waals surface area contributed by atoms with Crippen LogP contribution in [-0.4, -0.2) is 63.6 Å². The molecule has 0 fully saturated rings. The van der Waals surface area contributed by atoms with Crippen LogP contribution in [0.2, 0.25) is 0 Å². The Morgan fingerprint density at radius 2 is 1.32 bits per heavy atom. The maximum atomic E-state index is 12.3. The molecule has 0 atom stereocenters. The summed E-state index contributed by atoms with van der Waals surface area (Å²) in [5.41, 5.74) is 1.85. The van der Waals surface area contributed by atoms with Crippen molar-refractivity contribution in [3.8, 4) is 11.5 Å². The molecule has 23 heteroatoms. The topological polar surface area (TPSA) is 338 Å². The number of carboxylic acids is 2. The van der Waals surface area contributed by atoms with E-state index in [4.69, 9.17) is 11.0 Å². The Bertz CT molecular complexity index is 2210. The van der Waals surface area contributed by atoms with E-state index in [1.807, 2.05) is 0 Å². The zero-order chi connectivity index (χ0) is 34.8. The van der Waals surface area contributed by atoms with E-state index in [-0.39, 0.29) is 28.0 Å². The van der Waals surface area contributed by atoms with E-state index in [1.165, 1.54) is 6.07 Å². The number of hydrogen-bond acceptors (Lipinski definition) is 17. The van der Waals surface area contributed by atoms with Crippen LogP contribution in [0.1, 0.15) is 20.7 Å². The largest absolute Gasteiger partial charge is 0.505 e. The predicted octanol–water partition coefficient (Wildman–Crippen LogP) is 4.98. The van der Waals surface area contributed by atoms with E-state index in [2.05, 4.69) is 29.8 Å². The third-order valence-corrected chi connectivity index (χ3v) is 8.25. The van der Waals surface area contributed by atoms with Crippen LogP contribution in [0, 0.1) is 0 Å². The average molecular weight is 712 g/mol. The summed E-state index contributed by atoms with van der Waals surface area (Å²) < 4.78 is 72.0. The highest BCUT2D eigenvalue weighted by atomic mass is 32.2. The molecule has 0 heterocycles. The molecule has 20 nitrogen and oxygen atoms in total. The molecule has 0 amide bonds. The van der Waals surface area contributed by atoms with E-state index < -0.39 is 92.7 Å². The summed E-state index contributed by atoms with van der Waals surface area (Å²) >= 11 is 0.157. The molecule has 0 aromatic heterocycles. The highest BCUT2D eigenvalue weighted by Crippen LogP contribution is 2.51. The number of rotatable bonds is 11. The van der Waals surface area contributed by atoms with Gasteiger partial charge in [-0.2, -0.15) is 21.9 Å². The van der Waals surface area contributed by atoms with Crippen molar-refractivity contribution in [3.63, 3.8) is 0 Å². The quantitative estimate of drug-likeness (QED) is 0.0254. The van der Waals surface area contributed by atoms with Gasteiger partial charge in [0.1, 0.15) is 26.9 Å². The summed E-state index contributed by atoms with van der Waals surface area (Å²) in [5, 5.41) is 66.7. The van der Waals surface area contributed by atoms with Gasteiger partial charge in [0, 0.05) is 5.69 Å². The average Bonchev–Trinajstić information content (AvgIpc) is 2.98. The number of anilines is 1. The lowest BCUT2D eigenvalue weighted by atomic mass is 10.1. The van der Waals surface area contributed by atoms with Gasteiger partial charge < -0.3 is 26.2 Å². The predicted molar refractivity (Wildman–Crippen MR) is 157 cm³/mol. The van der Waals surface area contributed by atoms with Gasteiger partial charge in [-0.3, -0.25) is 9.11 Å². The maximum Gasteiger partial charge on any atom is 0.335 e. The minimum absolute atomic E-state index is 0.0787. The van der Waals surface area contributed by atoms with Gasteiger partial charge in [-0.1, -0.05) is 5.04 Å². The van der Waals surface area contributed by atoms with Crippen molar-refractivity contribution in [2.24, 2.45) is 20.5 Å². The Labute approximate surface area is 265 Å². The van der Waals surface area contributed by atoms with Crippen LogP contribution in [-0.2, 0) is 29.6 Å². The smallest absolute Gasteiger partial charge is 0.335 e. The van der Waals surface area contributed by atoms with E-state index in [0.29, 0.717) is 6.07 Å². The van der Waals surface area contributed by atoms with Crippen molar-refractivity contribution in [2.75, 3.05) is 5.73 Å². The minimum Gasteiger partial charge on any atom is -0.505 e. The third kappa shape index (κ3) is 7.59. The first-order chi connectivity index (χ1) is 21.9. The highest BCUT2D eigenvalue weighted by Gasteiger charge is 2.27. The van der Waals surface area contributed by atoms with Crippen molar-refractivity contribution in [1.82, 2.24) is 0 Å². The number of benzene rings is 4. The lowest BCUT2D eigenvalue weighted by Gasteiger charge is -2.13. The van der Waals surface area contributed by atoms with Gasteiger partial charge in [0.25, 0.3) is 20.2 Å². The van der Waals surface area contributed by atoms with Crippen molar-refractivity contribution in [1.29, 1.82) is 0 Å². The van der Waals surface area contributed by atoms with Gasteiger partial charge in [0.05, 0.1) is 39.1 Å². The number of nitrogen functional groups attached to an aromatic ring is 1. The molecule has 47 heavy (non-hydrogen) atoms. The minimum atomic E-state index is -5.24. The zero-order valence-corrected chi connectivity index (χ0v) is 25.1. The van der Waals surface area contributed by atoms with Crippen LogP contribution >= 0.6 is 12.0 Å². The molecule has 4 aromatic carbocycles. The molecule has 0 saturated heterocycles. The number of aromatic hydroxyl groups is 2. The molecular weight excluding hydrogens is 694 g/mol. The number of hydrogen-bond donors (Lipinski definition) is 8. The van der Waals surface area contributed by atoms with E-state index in [9.17, 15) is 56.0 Å². The second kappa shape index (κ2) is 13.2. The molecule has 0 spiro atoms. The molecule has 0 saturated carbocycles. The Hall–Kier alpha value is -5.27. The summed E-state index contributed by atoms with van der Waals surface area (Å²) in [6.07, 6.45) is 0. The van der Waals surface area contributed by atoms with Crippen LogP contribution in [0.3, 0.4) is 0 Å². The van der Waals surface area contributed by atoms with Crippen molar-refractivity contribution in [2.45, 2.75) is 14.7 Å². The first-order valence-electron chi connectivity index (χ1n) is 11.9. The Balaban J connectivity index is 2.00. The zero-order valence-electron chi connectivity index (χ0n) is 22.6. The molecule has 0 bridgehead atoms. The van der Waals surface area contributed by atoms with Crippen molar-refractivity contribution in [3.05, 3.63) is 59.7 Å². The molecular formula is C24H17N5O15S3. The molecule has 0 aliphatic rings. The van der Waals surface area contributed by atoms with Gasteiger partial charge >= 0.3 is 11.9 Å². The SMILES string of the molecule is Nc1ccc(/N=N/c2c(SOOO)cc3cc(S(=O)(=O)O)c(/N=N/c4cc(C(=O)O)cc(C(=O)O)c4)c(O)c3c2O)c(S(=O)(=O)O)c1. The number of fused-ring (bicyclic) bond motifs is 1. The molecule has 9 N–H and O–H groups in total. The number of phenols is 2. The van der Waals surface area contributed by atoms with E-state index >= 15 is 0 Å². The number of carbonyl (C=O) groups is 2. The van der Waals surface area contributed by atoms with Gasteiger partial charge in [-0.25, -0.2) is 14.8 Å². The van der Waals surface area contributed by atoms with Crippen LogP contribution in [0.4, 0.5) is 28.4 Å². The Morgan fingerprint density at radius 3 is 1.87 bits per heavy atom. The van der Waals surface area contributed by atoms with Crippen molar-refractivity contribution >= 4 is 83.4 Å². The Morgan fingerprint density at radius 1 is 0.745 bits per heavy atom. The molecule has 4 rings (SSSR count). The van der Waals surface area contributed by atoms with Gasteiger partial charge in [0.2, 0.25) is 0 Å². The summed E-state index contributed by atoms with van der Waals surface area (Å²) in [6.45, 7) is 0. The standard InChI is InChI=1S/C24H17N5O15S3/c25-12-1-2-14(16(8-12)46(37,38)39)27-28-19-15(45-44-43-36)6-9-7-17(47(40,41)42)20(22(31)18(9)21(19)30)29-26-13-4-10(23(32)33)3-11(5-13)24(34)35/h1-8,30-31,36H,25H2,(H,32,33)(H,34,35)(H,37,38,39)(H,40,41,42)/b28-27+,29-26+. The van der Waals surface area contributed by atoms with Gasteiger partial charge in [-0.05, 0) is 53.9 Å². The summed E-state index contributed by atoms with van der Waals surface area (Å²) in [4.78, 5) is 20.7. The number of carboxylic acid groups (broad SMARTS) is 2.